The van der Waals surface area contributed by atoms with Gasteiger partial charge >= 0.3 is 0 Å². The van der Waals surface area contributed by atoms with Gasteiger partial charge in [-0.1, -0.05) is 19.9 Å². The van der Waals surface area contributed by atoms with Crippen molar-refractivity contribution in [3.63, 3.8) is 0 Å². The van der Waals surface area contributed by atoms with Gasteiger partial charge in [-0.2, -0.15) is 0 Å². The first kappa shape index (κ1) is 15.7. The van der Waals surface area contributed by atoms with Crippen molar-refractivity contribution in [2.24, 2.45) is 11.7 Å². The van der Waals surface area contributed by atoms with Gasteiger partial charge in [0.1, 0.15) is 0 Å². The van der Waals surface area contributed by atoms with Gasteiger partial charge in [-0.15, -0.1) is 0 Å². The Balaban J connectivity index is 2.81. The molecule has 6 heteroatoms. The number of benzene rings is 1. The molecule has 0 saturated heterocycles. The highest BCUT2D eigenvalue weighted by molar-refractivity contribution is 7.90. The van der Waals surface area contributed by atoms with Gasteiger partial charge in [-0.05, 0) is 30.5 Å². The number of hydrogen-bond acceptors (Lipinski definition) is 4. The molecule has 0 heterocycles. The Morgan fingerprint density at radius 1 is 1.37 bits per heavy atom. The van der Waals surface area contributed by atoms with E-state index >= 15 is 0 Å². The third-order valence-corrected chi connectivity index (χ3v) is 3.70. The van der Waals surface area contributed by atoms with Crippen LogP contribution in [0.3, 0.4) is 0 Å². The molecule has 106 valence electrons. The lowest BCUT2D eigenvalue weighted by Crippen LogP contribution is -2.36. The molecule has 1 rings (SSSR count). The van der Waals surface area contributed by atoms with Gasteiger partial charge in [-0.3, -0.25) is 4.79 Å². The van der Waals surface area contributed by atoms with E-state index in [9.17, 15) is 13.2 Å². The van der Waals surface area contributed by atoms with E-state index in [4.69, 9.17) is 5.73 Å². The summed E-state index contributed by atoms with van der Waals surface area (Å²) in [5.41, 5.74) is 6.20. The van der Waals surface area contributed by atoms with Crippen molar-refractivity contribution in [1.82, 2.24) is 0 Å². The fourth-order valence-corrected chi connectivity index (χ4v) is 2.32. The Labute approximate surface area is 114 Å². The summed E-state index contributed by atoms with van der Waals surface area (Å²) >= 11 is 0. The Hall–Kier alpha value is -1.40. The minimum Gasteiger partial charge on any atom is -0.325 e. The van der Waals surface area contributed by atoms with E-state index in [1.54, 1.807) is 12.1 Å². The van der Waals surface area contributed by atoms with Crippen molar-refractivity contribution in [2.45, 2.75) is 31.2 Å². The standard InChI is InChI=1S/C13H20N2O3S/c1-9(2)7-12(14)13(16)15-10-5-4-6-11(8-10)19(3,17)18/h4-6,8-9,12H,7,14H2,1-3H3,(H,15,16)/t12-/m0/s1. The van der Waals surface area contributed by atoms with E-state index in [1.807, 2.05) is 13.8 Å². The predicted octanol–water partition coefficient (Wildman–Crippen LogP) is 1.40. The smallest absolute Gasteiger partial charge is 0.241 e. The molecule has 0 aromatic heterocycles. The van der Waals surface area contributed by atoms with Gasteiger partial charge in [0.25, 0.3) is 0 Å². The quantitative estimate of drug-likeness (QED) is 0.855. The monoisotopic (exact) mass is 284 g/mol. The molecular weight excluding hydrogens is 264 g/mol. The van der Waals surface area contributed by atoms with Gasteiger partial charge in [0.05, 0.1) is 10.9 Å². The highest BCUT2D eigenvalue weighted by atomic mass is 32.2. The average Bonchev–Trinajstić information content (AvgIpc) is 2.27. The zero-order valence-electron chi connectivity index (χ0n) is 11.4. The highest BCUT2D eigenvalue weighted by Gasteiger charge is 2.15. The van der Waals surface area contributed by atoms with Gasteiger partial charge in [-0.25, -0.2) is 8.42 Å². The molecule has 0 fully saturated rings. The van der Waals surface area contributed by atoms with Crippen molar-refractivity contribution < 1.29 is 13.2 Å². The summed E-state index contributed by atoms with van der Waals surface area (Å²) < 4.78 is 22.8. The number of carbonyl (C=O) groups excluding carboxylic acids is 1. The molecule has 1 aromatic carbocycles. The molecule has 5 nitrogen and oxygen atoms in total. The summed E-state index contributed by atoms with van der Waals surface area (Å²) in [4.78, 5) is 12.0. The van der Waals surface area contributed by atoms with E-state index in [2.05, 4.69) is 5.32 Å². The second kappa shape index (κ2) is 6.16. The lowest BCUT2D eigenvalue weighted by atomic mass is 10.0. The number of nitrogens with two attached hydrogens (primary N) is 1. The summed E-state index contributed by atoms with van der Waals surface area (Å²) in [6.45, 7) is 3.97. The SMILES string of the molecule is CC(C)C[C@H](N)C(=O)Nc1cccc(S(C)(=O)=O)c1. The summed E-state index contributed by atoms with van der Waals surface area (Å²) in [5.74, 6) is 0.0162. The number of amides is 1. The van der Waals surface area contributed by atoms with Crippen LogP contribution in [0.5, 0.6) is 0 Å². The van der Waals surface area contributed by atoms with Crippen molar-refractivity contribution >= 4 is 21.4 Å². The molecule has 0 aliphatic rings. The Morgan fingerprint density at radius 3 is 2.53 bits per heavy atom. The molecule has 1 atom stereocenters. The molecule has 19 heavy (non-hydrogen) atoms. The van der Waals surface area contributed by atoms with Crippen LogP contribution in [0, 0.1) is 5.92 Å². The normalized spacial score (nSPS) is 13.3. The largest absolute Gasteiger partial charge is 0.325 e. The summed E-state index contributed by atoms with van der Waals surface area (Å²) in [6.07, 6.45) is 1.70. The summed E-state index contributed by atoms with van der Waals surface area (Å²) in [7, 11) is -3.28. The fraction of sp³-hybridized carbons (Fsp3) is 0.462. The topological polar surface area (TPSA) is 89.3 Å². The van der Waals surface area contributed by atoms with Crippen molar-refractivity contribution in [3.05, 3.63) is 24.3 Å². The zero-order chi connectivity index (χ0) is 14.6. The Bertz CT molecular complexity index is 553. The van der Waals surface area contributed by atoms with Crippen LogP contribution in [0.15, 0.2) is 29.2 Å². The average molecular weight is 284 g/mol. The molecule has 1 amide bonds. The second-order valence-corrected chi connectivity index (χ2v) is 7.04. The van der Waals surface area contributed by atoms with E-state index < -0.39 is 15.9 Å². The molecule has 0 unspecified atom stereocenters. The molecule has 0 radical (unpaired) electrons. The molecule has 3 N–H and O–H groups in total. The Kier molecular flexibility index (Phi) is 5.08. The molecule has 0 spiro atoms. The van der Waals surface area contributed by atoms with Crippen LogP contribution in [-0.4, -0.2) is 26.6 Å². The molecule has 0 saturated carbocycles. The van der Waals surface area contributed by atoms with Crippen LogP contribution in [0.2, 0.25) is 0 Å². The van der Waals surface area contributed by atoms with E-state index in [1.165, 1.54) is 12.1 Å². The number of rotatable bonds is 5. The minimum atomic E-state index is -3.28. The first-order valence-electron chi connectivity index (χ1n) is 6.06. The second-order valence-electron chi connectivity index (χ2n) is 5.03. The van der Waals surface area contributed by atoms with Crippen LogP contribution < -0.4 is 11.1 Å². The van der Waals surface area contributed by atoms with Crippen LogP contribution in [0.25, 0.3) is 0 Å². The molecule has 0 aliphatic heterocycles. The first-order chi connectivity index (χ1) is 8.70. The molecule has 1 aromatic rings. The molecule has 0 bridgehead atoms. The number of anilines is 1. The number of nitrogens with one attached hydrogen (secondary N) is 1. The van der Waals surface area contributed by atoms with E-state index in [0.29, 0.717) is 18.0 Å². The van der Waals surface area contributed by atoms with Crippen molar-refractivity contribution in [1.29, 1.82) is 0 Å². The predicted molar refractivity (Wildman–Crippen MR) is 75.6 cm³/mol. The fourth-order valence-electron chi connectivity index (χ4n) is 1.65. The van der Waals surface area contributed by atoms with Gasteiger partial charge < -0.3 is 11.1 Å². The van der Waals surface area contributed by atoms with E-state index in [0.717, 1.165) is 6.26 Å². The van der Waals surface area contributed by atoms with Gasteiger partial charge in [0.15, 0.2) is 9.84 Å². The van der Waals surface area contributed by atoms with Crippen molar-refractivity contribution in [2.75, 3.05) is 11.6 Å². The lowest BCUT2D eigenvalue weighted by Gasteiger charge is -2.14. The van der Waals surface area contributed by atoms with Crippen molar-refractivity contribution in [3.8, 4) is 0 Å². The Morgan fingerprint density at radius 2 is 2.00 bits per heavy atom. The number of carbonyl (C=O) groups is 1. The molecule has 0 aliphatic carbocycles. The van der Waals surface area contributed by atoms with Gasteiger partial charge in [0.2, 0.25) is 5.91 Å². The summed E-state index contributed by atoms with van der Waals surface area (Å²) in [5, 5.41) is 2.63. The lowest BCUT2D eigenvalue weighted by molar-refractivity contribution is -0.117. The third-order valence-electron chi connectivity index (χ3n) is 2.59. The number of hydrogen-bond donors (Lipinski definition) is 2. The zero-order valence-corrected chi connectivity index (χ0v) is 12.2. The van der Waals surface area contributed by atoms with E-state index in [-0.39, 0.29) is 10.8 Å². The van der Waals surface area contributed by atoms with Crippen LogP contribution in [-0.2, 0) is 14.6 Å². The van der Waals surface area contributed by atoms with Crippen LogP contribution in [0.4, 0.5) is 5.69 Å². The summed E-state index contributed by atoms with van der Waals surface area (Å²) in [6, 6.07) is 5.53. The maximum atomic E-state index is 11.8. The maximum Gasteiger partial charge on any atom is 0.241 e. The number of sulfone groups is 1. The van der Waals surface area contributed by atoms with Crippen LogP contribution in [0.1, 0.15) is 20.3 Å². The van der Waals surface area contributed by atoms with Gasteiger partial charge in [0, 0.05) is 11.9 Å². The highest BCUT2D eigenvalue weighted by Crippen LogP contribution is 2.16. The molecular formula is C13H20N2O3S. The minimum absolute atomic E-state index is 0.169. The third kappa shape index (κ3) is 5.00. The maximum absolute atomic E-state index is 11.8. The van der Waals surface area contributed by atoms with Crippen LogP contribution >= 0.6 is 0 Å². The first-order valence-corrected chi connectivity index (χ1v) is 7.96.